The quantitative estimate of drug-likeness (QED) is 0.813. The number of morpholine rings is 1. The summed E-state index contributed by atoms with van der Waals surface area (Å²) in [6.45, 7) is 6.79. The summed E-state index contributed by atoms with van der Waals surface area (Å²) in [5, 5.41) is 0. The molecule has 0 amide bonds. The van der Waals surface area contributed by atoms with Crippen molar-refractivity contribution in [1.82, 2.24) is 9.97 Å². The van der Waals surface area contributed by atoms with Crippen LogP contribution in [0, 0.1) is 5.82 Å². The van der Waals surface area contributed by atoms with Gasteiger partial charge in [-0.25, -0.2) is 14.4 Å². The van der Waals surface area contributed by atoms with Crippen LogP contribution >= 0.6 is 0 Å². The number of rotatable bonds is 4. The van der Waals surface area contributed by atoms with E-state index in [9.17, 15) is 4.39 Å². The van der Waals surface area contributed by atoms with E-state index in [2.05, 4.69) is 26.8 Å². The van der Waals surface area contributed by atoms with Crippen LogP contribution in [0.3, 0.4) is 0 Å². The van der Waals surface area contributed by atoms with E-state index >= 15 is 0 Å². The average molecular weight is 382 g/mol. The van der Waals surface area contributed by atoms with Crippen LogP contribution < -0.4 is 9.64 Å². The van der Waals surface area contributed by atoms with Gasteiger partial charge in [-0.15, -0.1) is 0 Å². The van der Waals surface area contributed by atoms with Crippen molar-refractivity contribution in [3.05, 3.63) is 47.2 Å². The fourth-order valence-corrected chi connectivity index (χ4v) is 3.71. The maximum absolute atomic E-state index is 14.5. The van der Waals surface area contributed by atoms with Gasteiger partial charge in [0.15, 0.2) is 11.6 Å². The maximum Gasteiger partial charge on any atom is 0.165 e. The van der Waals surface area contributed by atoms with Gasteiger partial charge in [0, 0.05) is 24.7 Å². The van der Waals surface area contributed by atoms with E-state index in [1.54, 1.807) is 18.5 Å². The van der Waals surface area contributed by atoms with Gasteiger partial charge in [0.1, 0.15) is 17.7 Å². The smallest absolute Gasteiger partial charge is 0.165 e. The monoisotopic (exact) mass is 382 g/mol. The van der Waals surface area contributed by atoms with Gasteiger partial charge in [0.25, 0.3) is 0 Å². The van der Waals surface area contributed by atoms with E-state index in [1.165, 1.54) is 0 Å². The number of aromatic nitrogens is 2. The van der Waals surface area contributed by atoms with Crippen molar-refractivity contribution in [3.63, 3.8) is 0 Å². The zero-order chi connectivity index (χ0) is 19.3. The highest BCUT2D eigenvalue weighted by Gasteiger charge is 2.41. The lowest BCUT2D eigenvalue weighted by atomic mass is 10.0. The first-order chi connectivity index (χ1) is 13.5. The SMILES string of the molecule is C[C@@H]1CN(c2cc(C3=NCc4cc(F)c(OC5(C)CC5)cc43)ncn2)CCO1. The molecule has 0 N–H and O–H groups in total. The molecule has 5 rings (SSSR count). The summed E-state index contributed by atoms with van der Waals surface area (Å²) >= 11 is 0. The molecular formula is C21H23FN4O2. The zero-order valence-corrected chi connectivity index (χ0v) is 16.1. The first kappa shape index (κ1) is 17.6. The molecule has 28 heavy (non-hydrogen) atoms. The first-order valence-corrected chi connectivity index (χ1v) is 9.76. The van der Waals surface area contributed by atoms with Gasteiger partial charge in [-0.1, -0.05) is 0 Å². The van der Waals surface area contributed by atoms with Crippen LogP contribution in [-0.2, 0) is 11.3 Å². The second-order valence-corrected chi connectivity index (χ2v) is 8.05. The van der Waals surface area contributed by atoms with E-state index < -0.39 is 0 Å². The molecule has 2 aromatic rings. The van der Waals surface area contributed by atoms with Gasteiger partial charge >= 0.3 is 0 Å². The van der Waals surface area contributed by atoms with Crippen LogP contribution in [0.25, 0.3) is 0 Å². The lowest BCUT2D eigenvalue weighted by molar-refractivity contribution is 0.0529. The van der Waals surface area contributed by atoms with Gasteiger partial charge < -0.3 is 14.4 Å². The normalized spacial score (nSPS) is 22.6. The molecule has 3 heterocycles. The molecule has 1 saturated heterocycles. The standard InChI is InChI=1S/C21H23FN4O2/c1-13-11-26(5-6-27-13)19-9-17(24-12-25-19)20-15-8-18(28-21(2)3-4-21)16(22)7-14(15)10-23-20/h7-9,12-13H,3-6,10-11H2,1-2H3/t13-/m1/s1. The molecule has 0 bridgehead atoms. The van der Waals surface area contributed by atoms with Crippen LogP contribution in [0.2, 0.25) is 0 Å². The van der Waals surface area contributed by atoms with Crippen molar-refractivity contribution in [2.24, 2.45) is 4.99 Å². The van der Waals surface area contributed by atoms with Gasteiger partial charge in [0.05, 0.1) is 30.7 Å². The Hall–Kier alpha value is -2.54. The summed E-state index contributed by atoms with van der Waals surface area (Å²) in [6.07, 6.45) is 3.65. The van der Waals surface area contributed by atoms with Crippen LogP contribution in [0.1, 0.15) is 43.5 Å². The summed E-state index contributed by atoms with van der Waals surface area (Å²) in [5.74, 6) is 0.832. The molecule has 1 atom stereocenters. The van der Waals surface area contributed by atoms with Gasteiger partial charge in [0.2, 0.25) is 0 Å². The number of halogens is 1. The van der Waals surface area contributed by atoms with Crippen molar-refractivity contribution < 1.29 is 13.9 Å². The predicted octanol–water partition coefficient (Wildman–Crippen LogP) is 3.12. The Kier molecular flexibility index (Phi) is 4.08. The third-order valence-corrected chi connectivity index (χ3v) is 5.59. The molecule has 7 heteroatoms. The largest absolute Gasteiger partial charge is 0.484 e. The predicted molar refractivity (Wildman–Crippen MR) is 104 cm³/mol. The fourth-order valence-electron chi connectivity index (χ4n) is 3.71. The Morgan fingerprint density at radius 2 is 2.11 bits per heavy atom. The molecule has 3 aliphatic rings. The number of fused-ring (bicyclic) bond motifs is 1. The lowest BCUT2D eigenvalue weighted by Gasteiger charge is -2.32. The summed E-state index contributed by atoms with van der Waals surface area (Å²) in [7, 11) is 0. The molecule has 6 nitrogen and oxygen atoms in total. The lowest BCUT2D eigenvalue weighted by Crippen LogP contribution is -2.41. The summed E-state index contributed by atoms with van der Waals surface area (Å²) in [6, 6.07) is 5.27. The minimum Gasteiger partial charge on any atom is -0.484 e. The van der Waals surface area contributed by atoms with Crippen molar-refractivity contribution in [2.75, 3.05) is 24.6 Å². The molecule has 2 aliphatic heterocycles. The minimum absolute atomic E-state index is 0.170. The highest BCUT2D eigenvalue weighted by molar-refractivity contribution is 6.14. The van der Waals surface area contributed by atoms with E-state index in [1.807, 2.05) is 13.0 Å². The van der Waals surface area contributed by atoms with E-state index in [-0.39, 0.29) is 17.5 Å². The molecule has 146 valence electrons. The Bertz CT molecular complexity index is 957. The fraction of sp³-hybridized carbons (Fsp3) is 0.476. The van der Waals surface area contributed by atoms with Crippen molar-refractivity contribution in [1.29, 1.82) is 0 Å². The van der Waals surface area contributed by atoms with Crippen LogP contribution in [-0.4, -0.2) is 47.1 Å². The van der Waals surface area contributed by atoms with Gasteiger partial charge in [-0.2, -0.15) is 0 Å². The first-order valence-electron chi connectivity index (χ1n) is 9.76. The summed E-state index contributed by atoms with van der Waals surface area (Å²) < 4.78 is 26.0. The second-order valence-electron chi connectivity index (χ2n) is 8.05. The molecule has 1 aliphatic carbocycles. The summed E-state index contributed by atoms with van der Waals surface area (Å²) in [4.78, 5) is 15.7. The molecule has 0 radical (unpaired) electrons. The molecule has 1 aromatic heterocycles. The maximum atomic E-state index is 14.5. The third kappa shape index (κ3) is 3.24. The molecule has 2 fully saturated rings. The Balaban J connectivity index is 1.46. The van der Waals surface area contributed by atoms with Crippen LogP contribution in [0.15, 0.2) is 29.5 Å². The number of nitrogens with zero attached hydrogens (tertiary/aromatic N) is 4. The molecule has 0 spiro atoms. The van der Waals surface area contributed by atoms with E-state index in [4.69, 9.17) is 9.47 Å². The second kappa shape index (κ2) is 6.51. The van der Waals surface area contributed by atoms with E-state index in [0.717, 1.165) is 54.3 Å². The minimum atomic E-state index is -0.325. The number of hydrogen-bond acceptors (Lipinski definition) is 6. The number of ether oxygens (including phenoxy) is 2. The molecule has 0 unspecified atom stereocenters. The number of hydrogen-bond donors (Lipinski definition) is 0. The highest BCUT2D eigenvalue weighted by atomic mass is 19.1. The third-order valence-electron chi connectivity index (χ3n) is 5.59. The zero-order valence-electron chi connectivity index (χ0n) is 16.1. The van der Waals surface area contributed by atoms with Crippen LogP contribution in [0.5, 0.6) is 5.75 Å². The van der Waals surface area contributed by atoms with Crippen molar-refractivity contribution in [2.45, 2.75) is 44.9 Å². The number of aliphatic imine (C=N–C) groups is 1. The topological polar surface area (TPSA) is 59.8 Å². The van der Waals surface area contributed by atoms with E-state index in [0.29, 0.717) is 18.9 Å². The number of anilines is 1. The van der Waals surface area contributed by atoms with Crippen molar-refractivity contribution in [3.8, 4) is 5.75 Å². The Labute approximate surface area is 163 Å². The summed E-state index contributed by atoms with van der Waals surface area (Å²) in [5.41, 5.74) is 3.03. The average Bonchev–Trinajstić information content (AvgIpc) is 3.27. The highest BCUT2D eigenvalue weighted by Crippen LogP contribution is 2.41. The molecular weight excluding hydrogens is 359 g/mol. The van der Waals surface area contributed by atoms with Gasteiger partial charge in [-0.3, -0.25) is 4.99 Å². The molecule has 1 aromatic carbocycles. The Morgan fingerprint density at radius 3 is 2.89 bits per heavy atom. The van der Waals surface area contributed by atoms with Crippen LogP contribution in [0.4, 0.5) is 10.2 Å². The number of benzene rings is 1. The van der Waals surface area contributed by atoms with Gasteiger partial charge in [-0.05, 0) is 44.4 Å². The van der Waals surface area contributed by atoms with Crippen molar-refractivity contribution >= 4 is 11.5 Å². The molecule has 1 saturated carbocycles. The Morgan fingerprint density at radius 1 is 1.25 bits per heavy atom.